The molecule has 3 rings (SSSR count). The molecule has 1 aromatic heterocycles. The van der Waals surface area contributed by atoms with E-state index in [0.29, 0.717) is 5.89 Å². The normalized spacial score (nSPS) is 11.8. The second kappa shape index (κ2) is 8.76. The summed E-state index contributed by atoms with van der Waals surface area (Å²) in [6, 6.07) is 16.5. The molecule has 0 aliphatic rings. The van der Waals surface area contributed by atoms with Crippen molar-refractivity contribution in [2.75, 3.05) is 31.1 Å². The second-order valence-corrected chi connectivity index (χ2v) is 6.43. The first-order valence-corrected chi connectivity index (χ1v) is 9.88. The van der Waals surface area contributed by atoms with Crippen LogP contribution in [-0.2, 0) is 0 Å². The molecule has 2 aromatic carbocycles. The summed E-state index contributed by atoms with van der Waals surface area (Å²) in [6.45, 7) is 12.3. The van der Waals surface area contributed by atoms with Crippen molar-refractivity contribution < 1.29 is 4.42 Å². The van der Waals surface area contributed by atoms with Gasteiger partial charge in [-0.15, -0.1) is 0 Å². The first-order chi connectivity index (χ1) is 13.2. The minimum atomic E-state index is 0.678. The summed E-state index contributed by atoms with van der Waals surface area (Å²) in [5.74, 6) is 0.678. The lowest BCUT2D eigenvalue weighted by Crippen LogP contribution is -2.22. The number of oxazole rings is 1. The van der Waals surface area contributed by atoms with Crippen molar-refractivity contribution in [3.8, 4) is 0 Å². The van der Waals surface area contributed by atoms with Crippen LogP contribution in [0.4, 0.5) is 5.69 Å². The van der Waals surface area contributed by atoms with Crippen LogP contribution in [0.2, 0.25) is 0 Å². The van der Waals surface area contributed by atoms with Gasteiger partial charge < -0.3 is 14.2 Å². The molecule has 0 fully saturated rings. The van der Waals surface area contributed by atoms with Gasteiger partial charge in [0.05, 0.1) is 5.69 Å². The van der Waals surface area contributed by atoms with Crippen LogP contribution in [0.1, 0.15) is 39.1 Å². The molecule has 0 aliphatic carbocycles. The van der Waals surface area contributed by atoms with Crippen LogP contribution >= 0.6 is 0 Å². The van der Waals surface area contributed by atoms with Gasteiger partial charge >= 0.3 is 0 Å². The zero-order valence-electron chi connectivity index (χ0n) is 16.8. The lowest BCUT2D eigenvalue weighted by Gasteiger charge is -2.22. The Morgan fingerprint density at radius 2 is 1.59 bits per heavy atom. The van der Waals surface area contributed by atoms with Crippen molar-refractivity contribution in [3.63, 3.8) is 0 Å². The van der Waals surface area contributed by atoms with Gasteiger partial charge in [0.2, 0.25) is 5.89 Å². The first kappa shape index (κ1) is 19.0. The molecule has 3 aromatic rings. The quantitative estimate of drug-likeness (QED) is 0.528. The van der Waals surface area contributed by atoms with E-state index < -0.39 is 0 Å². The van der Waals surface area contributed by atoms with Crippen molar-refractivity contribution in [3.05, 3.63) is 60.0 Å². The summed E-state index contributed by atoms with van der Waals surface area (Å²) >= 11 is 0. The van der Waals surface area contributed by atoms with Crippen molar-refractivity contribution in [1.82, 2.24) is 9.88 Å². The highest BCUT2D eigenvalue weighted by atomic mass is 16.3. The summed E-state index contributed by atoms with van der Waals surface area (Å²) in [4.78, 5) is 9.52. The number of hydrogen-bond acceptors (Lipinski definition) is 4. The average Bonchev–Trinajstić information content (AvgIpc) is 3.14. The molecule has 0 saturated carbocycles. The Kier molecular flexibility index (Phi) is 6.17. The van der Waals surface area contributed by atoms with Gasteiger partial charge in [0, 0.05) is 26.2 Å². The Labute approximate surface area is 162 Å². The zero-order chi connectivity index (χ0) is 19.2. The number of para-hydroxylation sites is 1. The van der Waals surface area contributed by atoms with Gasteiger partial charge in [-0.25, -0.2) is 4.98 Å². The molecule has 0 bridgehead atoms. The highest BCUT2D eigenvalue weighted by Gasteiger charge is 2.18. The van der Waals surface area contributed by atoms with E-state index in [2.05, 4.69) is 73.9 Å². The second-order valence-electron chi connectivity index (χ2n) is 6.43. The maximum Gasteiger partial charge on any atom is 0.243 e. The maximum atomic E-state index is 6.22. The zero-order valence-corrected chi connectivity index (χ0v) is 16.8. The summed E-state index contributed by atoms with van der Waals surface area (Å²) in [7, 11) is 0. The van der Waals surface area contributed by atoms with Crippen LogP contribution in [0.25, 0.3) is 22.9 Å². The number of fused-ring (bicyclic) bond motifs is 1. The van der Waals surface area contributed by atoms with Gasteiger partial charge in [0.25, 0.3) is 0 Å². The van der Waals surface area contributed by atoms with Gasteiger partial charge in [-0.05, 0) is 51.5 Å². The van der Waals surface area contributed by atoms with Crippen LogP contribution in [0, 0.1) is 0 Å². The number of nitrogens with zero attached hydrogens (tertiary/aromatic N) is 3. The number of aromatic nitrogens is 1. The molecule has 4 nitrogen and oxygen atoms in total. The molecule has 0 atom stereocenters. The molecule has 0 unspecified atom stereocenters. The molecule has 0 spiro atoms. The van der Waals surface area contributed by atoms with Crippen LogP contribution in [0.5, 0.6) is 0 Å². The minimum Gasteiger partial charge on any atom is -0.435 e. The molecular formula is C23H29N3O. The van der Waals surface area contributed by atoms with Crippen molar-refractivity contribution in [2.45, 2.75) is 27.7 Å². The topological polar surface area (TPSA) is 32.5 Å². The third kappa shape index (κ3) is 4.00. The van der Waals surface area contributed by atoms with E-state index in [4.69, 9.17) is 9.40 Å². The standard InChI is InChI=1S/C23H29N3O/c1-5-25(6-2)19-15-12-16-21-22(19)24-23(27-21)20(26(7-3)8-4)17-18-13-10-9-11-14-18/h9-17H,5-8H2,1-4H3. The van der Waals surface area contributed by atoms with E-state index in [1.165, 1.54) is 0 Å². The van der Waals surface area contributed by atoms with E-state index in [-0.39, 0.29) is 0 Å². The van der Waals surface area contributed by atoms with E-state index in [1.807, 2.05) is 18.2 Å². The fourth-order valence-electron chi connectivity index (χ4n) is 3.42. The Morgan fingerprint density at radius 3 is 2.22 bits per heavy atom. The van der Waals surface area contributed by atoms with Gasteiger partial charge in [-0.2, -0.15) is 0 Å². The number of rotatable bonds is 8. The predicted octanol–water partition coefficient (Wildman–Crippen LogP) is 5.51. The van der Waals surface area contributed by atoms with Crippen LogP contribution in [0.15, 0.2) is 52.9 Å². The molecule has 1 heterocycles. The molecule has 27 heavy (non-hydrogen) atoms. The molecule has 0 aliphatic heterocycles. The summed E-state index contributed by atoms with van der Waals surface area (Å²) in [5, 5.41) is 0. The summed E-state index contributed by atoms with van der Waals surface area (Å²) in [5.41, 5.74) is 5.06. The fraction of sp³-hybridized carbons (Fsp3) is 0.348. The SMILES string of the molecule is CCN(CC)C(=Cc1ccccc1)c1nc2c(N(CC)CC)cccc2o1. The van der Waals surface area contributed by atoms with E-state index in [9.17, 15) is 0 Å². The van der Waals surface area contributed by atoms with Crippen LogP contribution in [-0.4, -0.2) is 36.1 Å². The number of hydrogen-bond donors (Lipinski definition) is 0. The third-order valence-corrected chi connectivity index (χ3v) is 4.93. The summed E-state index contributed by atoms with van der Waals surface area (Å²) < 4.78 is 6.22. The summed E-state index contributed by atoms with van der Waals surface area (Å²) in [6.07, 6.45) is 2.16. The smallest absolute Gasteiger partial charge is 0.243 e. The molecule has 0 amide bonds. The highest BCUT2D eigenvalue weighted by Crippen LogP contribution is 2.31. The van der Waals surface area contributed by atoms with E-state index in [1.54, 1.807) is 0 Å². The van der Waals surface area contributed by atoms with Crippen LogP contribution in [0.3, 0.4) is 0 Å². The molecule has 0 N–H and O–H groups in total. The number of anilines is 1. The third-order valence-electron chi connectivity index (χ3n) is 4.93. The first-order valence-electron chi connectivity index (χ1n) is 9.88. The molecule has 0 saturated heterocycles. The maximum absolute atomic E-state index is 6.22. The lowest BCUT2D eigenvalue weighted by molar-refractivity contribution is 0.423. The predicted molar refractivity (Wildman–Crippen MR) is 115 cm³/mol. The molecular weight excluding hydrogens is 334 g/mol. The highest BCUT2D eigenvalue weighted by molar-refractivity contribution is 5.89. The molecule has 142 valence electrons. The Hall–Kier alpha value is -2.75. The van der Waals surface area contributed by atoms with Gasteiger partial charge in [-0.1, -0.05) is 36.4 Å². The van der Waals surface area contributed by atoms with Gasteiger partial charge in [-0.3, -0.25) is 0 Å². The van der Waals surface area contributed by atoms with E-state index >= 15 is 0 Å². The Bertz CT molecular complexity index is 890. The van der Waals surface area contributed by atoms with Crippen molar-refractivity contribution in [1.29, 1.82) is 0 Å². The van der Waals surface area contributed by atoms with Gasteiger partial charge in [0.1, 0.15) is 11.2 Å². The monoisotopic (exact) mass is 363 g/mol. The van der Waals surface area contributed by atoms with Crippen molar-refractivity contribution >= 4 is 28.6 Å². The molecule has 4 heteroatoms. The fourth-order valence-corrected chi connectivity index (χ4v) is 3.42. The molecule has 0 radical (unpaired) electrons. The number of benzene rings is 2. The minimum absolute atomic E-state index is 0.678. The Balaban J connectivity index is 2.14. The largest absolute Gasteiger partial charge is 0.435 e. The lowest BCUT2D eigenvalue weighted by atomic mass is 10.2. The van der Waals surface area contributed by atoms with Crippen LogP contribution < -0.4 is 4.90 Å². The van der Waals surface area contributed by atoms with E-state index in [0.717, 1.165) is 54.2 Å². The Morgan fingerprint density at radius 1 is 0.889 bits per heavy atom. The van der Waals surface area contributed by atoms with Gasteiger partial charge in [0.15, 0.2) is 5.58 Å². The van der Waals surface area contributed by atoms with Crippen molar-refractivity contribution in [2.24, 2.45) is 0 Å². The average molecular weight is 364 g/mol.